The molecule has 1 aromatic carbocycles. The highest BCUT2D eigenvalue weighted by atomic mass is 35.5. The monoisotopic (exact) mass is 236 g/mol. The van der Waals surface area contributed by atoms with Gasteiger partial charge in [-0.25, -0.2) is 0 Å². The van der Waals surface area contributed by atoms with E-state index in [0.717, 1.165) is 16.3 Å². The fourth-order valence-electron chi connectivity index (χ4n) is 1.05. The highest BCUT2D eigenvalue weighted by molar-refractivity contribution is 7.08. The Hall–Kier alpha value is -1.32. The summed E-state index contributed by atoms with van der Waals surface area (Å²) in [7, 11) is 0. The second-order valence-electron chi connectivity index (χ2n) is 2.93. The van der Waals surface area contributed by atoms with Crippen molar-refractivity contribution in [2.45, 2.75) is 0 Å². The first-order valence-corrected chi connectivity index (χ1v) is 5.73. The van der Waals surface area contributed by atoms with E-state index < -0.39 is 0 Å². The summed E-state index contributed by atoms with van der Waals surface area (Å²) in [6.45, 7) is 0. The van der Waals surface area contributed by atoms with Crippen LogP contribution in [0.1, 0.15) is 5.56 Å². The predicted octanol–water partition coefficient (Wildman–Crippen LogP) is 3.85. The molecule has 0 amide bonds. The first-order valence-electron chi connectivity index (χ1n) is 4.41. The molecule has 0 saturated heterocycles. The van der Waals surface area contributed by atoms with E-state index in [4.69, 9.17) is 11.6 Å². The fraction of sp³-hybridized carbons (Fsp3) is 0. The summed E-state index contributed by atoms with van der Waals surface area (Å²) in [5.74, 6) is 0. The lowest BCUT2D eigenvalue weighted by Crippen LogP contribution is -1.88. The van der Waals surface area contributed by atoms with Crippen molar-refractivity contribution in [3.63, 3.8) is 0 Å². The molecular formula is C11H9ClN2S. The maximum atomic E-state index is 5.76. The number of hydrogen-bond donors (Lipinski definition) is 1. The Balaban J connectivity index is 1.96. The van der Waals surface area contributed by atoms with Gasteiger partial charge in [-0.05, 0) is 41.1 Å². The van der Waals surface area contributed by atoms with Crippen LogP contribution in [0.2, 0.25) is 5.02 Å². The van der Waals surface area contributed by atoms with E-state index in [2.05, 4.69) is 10.5 Å². The molecule has 0 spiro atoms. The fourth-order valence-corrected chi connectivity index (χ4v) is 1.79. The average molecular weight is 237 g/mol. The SMILES string of the molecule is Clc1ccc(N/N=C/c2ccsc2)cc1. The van der Waals surface area contributed by atoms with Crippen molar-refractivity contribution in [1.82, 2.24) is 0 Å². The molecule has 0 saturated carbocycles. The van der Waals surface area contributed by atoms with Crippen molar-refractivity contribution in [3.05, 3.63) is 51.7 Å². The summed E-state index contributed by atoms with van der Waals surface area (Å²) in [5, 5.41) is 8.88. The van der Waals surface area contributed by atoms with E-state index in [-0.39, 0.29) is 0 Å². The summed E-state index contributed by atoms with van der Waals surface area (Å²) in [6, 6.07) is 9.42. The van der Waals surface area contributed by atoms with Gasteiger partial charge in [0, 0.05) is 10.6 Å². The molecular weight excluding hydrogens is 228 g/mol. The van der Waals surface area contributed by atoms with Crippen LogP contribution in [0.15, 0.2) is 46.2 Å². The van der Waals surface area contributed by atoms with E-state index in [0.29, 0.717) is 0 Å². The number of rotatable bonds is 3. The molecule has 0 fully saturated rings. The lowest BCUT2D eigenvalue weighted by atomic mass is 10.3. The normalized spacial score (nSPS) is 10.7. The minimum atomic E-state index is 0.724. The minimum Gasteiger partial charge on any atom is -0.279 e. The number of benzene rings is 1. The Kier molecular flexibility index (Phi) is 3.37. The van der Waals surface area contributed by atoms with Crippen molar-refractivity contribution in [2.24, 2.45) is 5.10 Å². The highest BCUT2D eigenvalue weighted by Crippen LogP contribution is 2.13. The Labute approximate surface area is 97.2 Å². The third-order valence-electron chi connectivity index (χ3n) is 1.79. The van der Waals surface area contributed by atoms with Gasteiger partial charge in [-0.2, -0.15) is 16.4 Å². The van der Waals surface area contributed by atoms with E-state index in [9.17, 15) is 0 Å². The van der Waals surface area contributed by atoms with Gasteiger partial charge in [0.05, 0.1) is 11.9 Å². The first kappa shape index (κ1) is 10.2. The van der Waals surface area contributed by atoms with Crippen LogP contribution in [0.3, 0.4) is 0 Å². The van der Waals surface area contributed by atoms with Gasteiger partial charge in [0.25, 0.3) is 0 Å². The van der Waals surface area contributed by atoms with E-state index in [1.807, 2.05) is 41.1 Å². The molecule has 1 heterocycles. The molecule has 0 aliphatic rings. The molecule has 1 aromatic heterocycles. The molecule has 1 N–H and O–H groups in total. The third kappa shape index (κ3) is 3.08. The van der Waals surface area contributed by atoms with Crippen LogP contribution >= 0.6 is 22.9 Å². The van der Waals surface area contributed by atoms with Gasteiger partial charge in [-0.1, -0.05) is 11.6 Å². The van der Waals surface area contributed by atoms with Crippen molar-refractivity contribution >= 4 is 34.8 Å². The van der Waals surface area contributed by atoms with Gasteiger partial charge in [-0.15, -0.1) is 0 Å². The van der Waals surface area contributed by atoms with Crippen molar-refractivity contribution < 1.29 is 0 Å². The minimum absolute atomic E-state index is 0.724. The number of thiophene rings is 1. The van der Waals surface area contributed by atoms with Gasteiger partial charge in [-0.3, -0.25) is 5.43 Å². The van der Waals surface area contributed by atoms with E-state index >= 15 is 0 Å². The molecule has 76 valence electrons. The molecule has 0 radical (unpaired) electrons. The molecule has 2 rings (SSSR count). The molecule has 0 unspecified atom stereocenters. The van der Waals surface area contributed by atoms with Crippen LogP contribution < -0.4 is 5.43 Å². The van der Waals surface area contributed by atoms with Crippen molar-refractivity contribution in [2.75, 3.05) is 5.43 Å². The molecule has 0 atom stereocenters. The number of nitrogens with zero attached hydrogens (tertiary/aromatic N) is 1. The molecule has 2 nitrogen and oxygen atoms in total. The average Bonchev–Trinajstić information content (AvgIpc) is 2.74. The zero-order valence-corrected chi connectivity index (χ0v) is 9.42. The van der Waals surface area contributed by atoms with Crippen LogP contribution in [0.5, 0.6) is 0 Å². The van der Waals surface area contributed by atoms with Crippen molar-refractivity contribution in [1.29, 1.82) is 0 Å². The molecule has 0 aliphatic heterocycles. The summed E-state index contributed by atoms with van der Waals surface area (Å²) in [5.41, 5.74) is 4.95. The Bertz CT molecular complexity index is 434. The summed E-state index contributed by atoms with van der Waals surface area (Å²) < 4.78 is 0. The summed E-state index contributed by atoms with van der Waals surface area (Å²) in [4.78, 5) is 0. The third-order valence-corrected chi connectivity index (χ3v) is 2.75. The maximum Gasteiger partial charge on any atom is 0.0562 e. The van der Waals surface area contributed by atoms with Gasteiger partial charge in [0.15, 0.2) is 0 Å². The second-order valence-corrected chi connectivity index (χ2v) is 4.15. The number of hydrazone groups is 1. The first-order chi connectivity index (χ1) is 7.34. The quantitative estimate of drug-likeness (QED) is 0.635. The van der Waals surface area contributed by atoms with Crippen LogP contribution in [0, 0.1) is 0 Å². The van der Waals surface area contributed by atoms with E-state index in [1.165, 1.54) is 0 Å². The number of nitrogens with one attached hydrogen (secondary N) is 1. The topological polar surface area (TPSA) is 24.4 Å². The zero-order valence-electron chi connectivity index (χ0n) is 7.85. The van der Waals surface area contributed by atoms with Gasteiger partial charge in [0.2, 0.25) is 0 Å². The second kappa shape index (κ2) is 4.96. The molecule has 2 aromatic rings. The van der Waals surface area contributed by atoms with Gasteiger partial charge >= 0.3 is 0 Å². The molecule has 15 heavy (non-hydrogen) atoms. The summed E-state index contributed by atoms with van der Waals surface area (Å²) >= 11 is 7.41. The molecule has 0 bridgehead atoms. The van der Waals surface area contributed by atoms with Crippen LogP contribution in [-0.2, 0) is 0 Å². The van der Waals surface area contributed by atoms with Crippen LogP contribution in [0.25, 0.3) is 0 Å². The maximum absolute atomic E-state index is 5.76. The number of halogens is 1. The highest BCUT2D eigenvalue weighted by Gasteiger charge is 1.89. The van der Waals surface area contributed by atoms with Crippen LogP contribution in [-0.4, -0.2) is 6.21 Å². The Morgan fingerprint density at radius 1 is 1.20 bits per heavy atom. The summed E-state index contributed by atoms with van der Waals surface area (Å²) in [6.07, 6.45) is 1.78. The Morgan fingerprint density at radius 2 is 2.00 bits per heavy atom. The predicted molar refractivity (Wildman–Crippen MR) is 67.0 cm³/mol. The van der Waals surface area contributed by atoms with Crippen molar-refractivity contribution in [3.8, 4) is 0 Å². The largest absolute Gasteiger partial charge is 0.279 e. The molecule has 4 heteroatoms. The van der Waals surface area contributed by atoms with Crippen LogP contribution in [0.4, 0.5) is 5.69 Å². The number of anilines is 1. The van der Waals surface area contributed by atoms with Gasteiger partial charge in [0.1, 0.15) is 0 Å². The van der Waals surface area contributed by atoms with E-state index in [1.54, 1.807) is 17.6 Å². The Morgan fingerprint density at radius 3 is 2.67 bits per heavy atom. The van der Waals surface area contributed by atoms with Gasteiger partial charge < -0.3 is 0 Å². The number of hydrogen-bond acceptors (Lipinski definition) is 3. The smallest absolute Gasteiger partial charge is 0.0562 e. The zero-order chi connectivity index (χ0) is 10.5. The molecule has 0 aliphatic carbocycles. The standard InChI is InChI=1S/C11H9ClN2S/c12-10-1-3-11(4-2-10)14-13-7-9-5-6-15-8-9/h1-8,14H/b13-7+. The lowest BCUT2D eigenvalue weighted by Gasteiger charge is -1.98. The lowest BCUT2D eigenvalue weighted by molar-refractivity contribution is 1.35.